The Morgan fingerprint density at radius 3 is 1.77 bits per heavy atom. The highest BCUT2D eigenvalue weighted by atomic mass is 16.5. The van der Waals surface area contributed by atoms with Crippen LogP contribution in [-0.2, 0) is 5.41 Å². The second-order valence-electron chi connectivity index (χ2n) is 11.4. The van der Waals surface area contributed by atoms with Crippen molar-refractivity contribution in [1.82, 2.24) is 0 Å². The fourth-order valence-electron chi connectivity index (χ4n) is 6.29. The van der Waals surface area contributed by atoms with Crippen LogP contribution in [0, 0.1) is 0 Å². The van der Waals surface area contributed by atoms with E-state index in [1.165, 1.54) is 100 Å². The molecule has 3 fully saturated rings. The molecule has 4 rings (SSSR count). The molecule has 0 saturated heterocycles. The van der Waals surface area contributed by atoms with E-state index in [1.807, 2.05) is 0 Å². The third-order valence-electron chi connectivity index (χ3n) is 8.03. The first-order chi connectivity index (χ1) is 14.4. The van der Waals surface area contributed by atoms with E-state index in [2.05, 4.69) is 26.8 Å². The van der Waals surface area contributed by atoms with E-state index in [1.54, 1.807) is 0 Å². The molecular formula is C28H44O2. The van der Waals surface area contributed by atoms with E-state index in [0.717, 1.165) is 18.6 Å². The van der Waals surface area contributed by atoms with Gasteiger partial charge in [-0.25, -0.2) is 0 Å². The lowest BCUT2D eigenvalue weighted by atomic mass is 9.72. The molecule has 3 saturated carbocycles. The largest absolute Gasteiger partial charge is 0.504 e. The van der Waals surface area contributed by atoms with Gasteiger partial charge in [-0.05, 0) is 74.2 Å². The van der Waals surface area contributed by atoms with Gasteiger partial charge in [-0.2, -0.15) is 0 Å². The van der Waals surface area contributed by atoms with Gasteiger partial charge in [0, 0.05) is 11.1 Å². The Bertz CT molecular complexity index is 696. The topological polar surface area (TPSA) is 29.5 Å². The first-order valence-electron chi connectivity index (χ1n) is 13.0. The number of rotatable bonds is 4. The second kappa shape index (κ2) is 9.53. The number of hydrogen-bond acceptors (Lipinski definition) is 2. The molecule has 1 N–H and O–H groups in total. The summed E-state index contributed by atoms with van der Waals surface area (Å²) in [5.41, 5.74) is 4.06. The van der Waals surface area contributed by atoms with Gasteiger partial charge in [-0.3, -0.25) is 0 Å². The Hall–Kier alpha value is -1.18. The zero-order valence-electron chi connectivity index (χ0n) is 19.8. The predicted molar refractivity (Wildman–Crippen MR) is 126 cm³/mol. The highest BCUT2D eigenvalue weighted by molar-refractivity contribution is 5.59. The van der Waals surface area contributed by atoms with Crippen molar-refractivity contribution in [2.24, 2.45) is 0 Å². The van der Waals surface area contributed by atoms with Crippen LogP contribution in [0.5, 0.6) is 11.5 Å². The molecule has 0 amide bonds. The van der Waals surface area contributed by atoms with Crippen LogP contribution in [-0.4, -0.2) is 11.2 Å². The van der Waals surface area contributed by atoms with Gasteiger partial charge in [0.1, 0.15) is 0 Å². The number of aromatic hydroxyl groups is 1. The minimum atomic E-state index is 0.0641. The van der Waals surface area contributed by atoms with Crippen molar-refractivity contribution in [3.05, 3.63) is 22.8 Å². The smallest absolute Gasteiger partial charge is 0.165 e. The van der Waals surface area contributed by atoms with Crippen LogP contribution in [0.25, 0.3) is 0 Å². The molecule has 0 atom stereocenters. The molecule has 1 aromatic rings. The second-order valence-corrected chi connectivity index (χ2v) is 11.4. The fourth-order valence-corrected chi connectivity index (χ4v) is 6.29. The van der Waals surface area contributed by atoms with Crippen LogP contribution in [0.15, 0.2) is 6.07 Å². The van der Waals surface area contributed by atoms with Crippen molar-refractivity contribution < 1.29 is 9.84 Å². The van der Waals surface area contributed by atoms with E-state index in [4.69, 9.17) is 4.74 Å². The van der Waals surface area contributed by atoms with Gasteiger partial charge < -0.3 is 9.84 Å². The molecular weight excluding hydrogens is 368 g/mol. The Kier molecular flexibility index (Phi) is 7.00. The molecule has 0 radical (unpaired) electrons. The molecule has 0 bridgehead atoms. The third-order valence-corrected chi connectivity index (χ3v) is 8.03. The molecule has 0 aromatic heterocycles. The minimum Gasteiger partial charge on any atom is -0.504 e. The zero-order chi connectivity index (χ0) is 21.1. The maximum absolute atomic E-state index is 11.6. The highest BCUT2D eigenvalue weighted by Crippen LogP contribution is 2.52. The van der Waals surface area contributed by atoms with E-state index in [9.17, 15) is 5.11 Å². The average Bonchev–Trinajstić information content (AvgIpc) is 2.76. The molecule has 0 spiro atoms. The van der Waals surface area contributed by atoms with Crippen molar-refractivity contribution in [3.8, 4) is 11.5 Å². The summed E-state index contributed by atoms with van der Waals surface area (Å²) in [5.74, 6) is 2.43. The molecule has 3 aliphatic carbocycles. The normalized spacial score (nSPS) is 22.9. The first kappa shape index (κ1) is 22.0. The van der Waals surface area contributed by atoms with Crippen LogP contribution < -0.4 is 4.74 Å². The Morgan fingerprint density at radius 2 is 1.23 bits per heavy atom. The van der Waals surface area contributed by atoms with Crippen LogP contribution in [0.4, 0.5) is 0 Å². The van der Waals surface area contributed by atoms with Crippen LogP contribution in [0.3, 0.4) is 0 Å². The van der Waals surface area contributed by atoms with E-state index in [-0.39, 0.29) is 11.5 Å². The van der Waals surface area contributed by atoms with E-state index < -0.39 is 0 Å². The van der Waals surface area contributed by atoms with E-state index >= 15 is 0 Å². The van der Waals surface area contributed by atoms with Gasteiger partial charge in [0.05, 0.1) is 6.10 Å². The molecule has 1 aromatic carbocycles. The fraction of sp³-hybridized carbons (Fsp3) is 0.786. The summed E-state index contributed by atoms with van der Waals surface area (Å²) in [4.78, 5) is 0. The molecule has 30 heavy (non-hydrogen) atoms. The van der Waals surface area contributed by atoms with Crippen molar-refractivity contribution in [3.63, 3.8) is 0 Å². The maximum Gasteiger partial charge on any atom is 0.165 e. The lowest BCUT2D eigenvalue weighted by Gasteiger charge is -2.35. The summed E-state index contributed by atoms with van der Waals surface area (Å²) in [6.45, 7) is 7.04. The van der Waals surface area contributed by atoms with E-state index in [0.29, 0.717) is 17.6 Å². The maximum atomic E-state index is 11.6. The van der Waals surface area contributed by atoms with Gasteiger partial charge >= 0.3 is 0 Å². The molecule has 0 aliphatic heterocycles. The van der Waals surface area contributed by atoms with Gasteiger partial charge in [0.25, 0.3) is 0 Å². The summed E-state index contributed by atoms with van der Waals surface area (Å²) >= 11 is 0. The standard InChI is InChI=1S/C28H44O2/c1-28(2,3)24-19-23(20-13-7-4-8-14-20)26(29)27(30-22-17-11-6-12-18-22)25(24)21-15-9-5-10-16-21/h19-22,29H,4-18H2,1-3H3. The van der Waals surface area contributed by atoms with Crippen molar-refractivity contribution in [2.45, 2.75) is 140 Å². The molecule has 2 nitrogen and oxygen atoms in total. The molecule has 3 aliphatic rings. The van der Waals surface area contributed by atoms with Crippen molar-refractivity contribution in [1.29, 1.82) is 0 Å². The predicted octanol–water partition coefficient (Wildman–Crippen LogP) is 8.50. The zero-order valence-corrected chi connectivity index (χ0v) is 19.8. The minimum absolute atomic E-state index is 0.0641. The molecule has 2 heteroatoms. The first-order valence-corrected chi connectivity index (χ1v) is 13.0. The lowest BCUT2D eigenvalue weighted by molar-refractivity contribution is 0.146. The van der Waals surface area contributed by atoms with Crippen molar-refractivity contribution >= 4 is 0 Å². The molecule has 0 heterocycles. The molecule has 168 valence electrons. The summed E-state index contributed by atoms with van der Waals surface area (Å²) in [6, 6.07) is 2.41. The van der Waals surface area contributed by atoms with Crippen LogP contribution in [0.2, 0.25) is 0 Å². The SMILES string of the molecule is CC(C)(C)c1cc(C2CCCCC2)c(O)c(OC2CCCCC2)c1C1CCCCC1. The number of benzene rings is 1. The average molecular weight is 413 g/mol. The summed E-state index contributed by atoms with van der Waals surface area (Å²) in [6.07, 6.45) is 19.2. The van der Waals surface area contributed by atoms with Crippen LogP contribution in [0.1, 0.15) is 146 Å². The highest BCUT2D eigenvalue weighted by Gasteiger charge is 2.34. The van der Waals surface area contributed by atoms with Gasteiger partial charge in [0.15, 0.2) is 11.5 Å². The summed E-state index contributed by atoms with van der Waals surface area (Å²) < 4.78 is 6.79. The third kappa shape index (κ3) is 4.83. The Labute approximate surface area is 184 Å². The summed E-state index contributed by atoms with van der Waals surface area (Å²) in [5, 5.41) is 11.6. The summed E-state index contributed by atoms with van der Waals surface area (Å²) in [7, 11) is 0. The number of ether oxygens (including phenoxy) is 1. The quantitative estimate of drug-likeness (QED) is 0.537. The van der Waals surface area contributed by atoms with Crippen molar-refractivity contribution in [2.75, 3.05) is 0 Å². The van der Waals surface area contributed by atoms with Crippen LogP contribution >= 0.6 is 0 Å². The Balaban J connectivity index is 1.82. The number of phenolic OH excluding ortho intramolecular Hbond substituents is 1. The van der Waals surface area contributed by atoms with Gasteiger partial charge in [-0.1, -0.05) is 71.8 Å². The monoisotopic (exact) mass is 412 g/mol. The Morgan fingerprint density at radius 1 is 0.733 bits per heavy atom. The van der Waals surface area contributed by atoms with Gasteiger partial charge in [0.2, 0.25) is 0 Å². The van der Waals surface area contributed by atoms with Gasteiger partial charge in [-0.15, -0.1) is 0 Å². The molecule has 0 unspecified atom stereocenters. The number of phenols is 1. The number of hydrogen-bond donors (Lipinski definition) is 1. The lowest BCUT2D eigenvalue weighted by Crippen LogP contribution is -2.24.